The Kier molecular flexibility index (Phi) is 3.28. The predicted molar refractivity (Wildman–Crippen MR) is 99.4 cm³/mol. The molecule has 0 heteroatoms. The van der Waals surface area contributed by atoms with E-state index >= 15 is 0 Å². The lowest BCUT2D eigenvalue weighted by molar-refractivity contribution is 0.0617. The fraction of sp³-hybridized carbons (Fsp3) is 1.00. The Labute approximate surface area is 145 Å². The molecule has 132 valence electrons. The van der Waals surface area contributed by atoms with Crippen LogP contribution in [0.4, 0.5) is 0 Å². The molecule has 0 N–H and O–H groups in total. The molecule has 0 nitrogen and oxygen atoms in total. The fourth-order valence-electron chi connectivity index (χ4n) is 9.42. The zero-order chi connectivity index (χ0) is 16.7. The average molecular weight is 317 g/mol. The van der Waals surface area contributed by atoms with Gasteiger partial charge in [0.05, 0.1) is 0 Å². The lowest BCUT2D eigenvalue weighted by Gasteiger charge is -2.44. The van der Waals surface area contributed by atoms with Crippen LogP contribution < -0.4 is 0 Å². The maximum Gasteiger partial charge on any atom is -0.0125 e. The van der Waals surface area contributed by atoms with Gasteiger partial charge in [0.15, 0.2) is 0 Å². The number of hydrogen-bond donors (Lipinski definition) is 0. The van der Waals surface area contributed by atoms with E-state index in [4.69, 9.17) is 0 Å². The lowest BCUT2D eigenvalue weighted by Crippen LogP contribution is -2.34. The number of rotatable bonds is 3. The first-order valence-corrected chi connectivity index (χ1v) is 10.7. The van der Waals surface area contributed by atoms with Gasteiger partial charge in [-0.15, -0.1) is 0 Å². The van der Waals surface area contributed by atoms with Gasteiger partial charge in [-0.3, -0.25) is 0 Å². The van der Waals surface area contributed by atoms with Crippen LogP contribution in [-0.4, -0.2) is 0 Å². The quantitative estimate of drug-likeness (QED) is 0.515. The molecule has 0 saturated heterocycles. The molecule has 4 saturated carbocycles. The van der Waals surface area contributed by atoms with E-state index in [1.807, 2.05) is 0 Å². The van der Waals surface area contributed by atoms with Gasteiger partial charge in [0.25, 0.3) is 0 Å². The van der Waals surface area contributed by atoms with Crippen molar-refractivity contribution in [3.8, 4) is 0 Å². The minimum Gasteiger partial charge on any atom is -0.0649 e. The van der Waals surface area contributed by atoms with Crippen LogP contribution in [0.25, 0.3) is 0 Å². The van der Waals surface area contributed by atoms with Crippen LogP contribution in [0.2, 0.25) is 0 Å². The molecule has 4 fully saturated rings. The lowest BCUT2D eigenvalue weighted by atomic mass is 9.61. The molecule has 2 bridgehead atoms. The molecule has 1 spiro atoms. The fourth-order valence-corrected chi connectivity index (χ4v) is 9.42. The third-order valence-corrected chi connectivity index (χ3v) is 10.0. The summed E-state index contributed by atoms with van der Waals surface area (Å²) in [5.74, 6) is 2.10. The van der Waals surface area contributed by atoms with Crippen molar-refractivity contribution in [1.82, 2.24) is 0 Å². The van der Waals surface area contributed by atoms with Crippen molar-refractivity contribution in [3.63, 3.8) is 0 Å². The molecule has 4 aliphatic carbocycles. The van der Waals surface area contributed by atoms with Crippen LogP contribution in [0.1, 0.15) is 106 Å². The minimum absolute atomic E-state index is 0.482. The van der Waals surface area contributed by atoms with Gasteiger partial charge in [0.2, 0.25) is 0 Å². The summed E-state index contributed by atoms with van der Waals surface area (Å²) in [4.78, 5) is 0. The van der Waals surface area contributed by atoms with Crippen molar-refractivity contribution >= 4 is 0 Å². The van der Waals surface area contributed by atoms with Crippen LogP contribution in [0, 0.1) is 38.9 Å². The van der Waals surface area contributed by atoms with E-state index < -0.39 is 0 Å². The first-order valence-electron chi connectivity index (χ1n) is 10.7. The molecule has 0 heterocycles. The molecule has 0 aromatic carbocycles. The van der Waals surface area contributed by atoms with Crippen molar-refractivity contribution in [2.24, 2.45) is 38.9 Å². The Morgan fingerprint density at radius 1 is 0.957 bits per heavy atom. The van der Waals surface area contributed by atoms with Gasteiger partial charge >= 0.3 is 0 Å². The van der Waals surface area contributed by atoms with Gasteiger partial charge in [-0.2, -0.15) is 0 Å². The standard InChI is InChI=1S/C23H40/c1-7-21(11-9-8-10-12-21)16-18-13-17-14-22(18)20(5,6)23(22,15-17)19(2,3)4/h17-18H,7-16H2,1-6H3. The minimum atomic E-state index is 0.482. The number of fused-ring (bicyclic) bond motifs is 1. The molecule has 0 amide bonds. The first kappa shape index (κ1) is 16.5. The van der Waals surface area contributed by atoms with Gasteiger partial charge in [-0.25, -0.2) is 0 Å². The molecule has 23 heavy (non-hydrogen) atoms. The zero-order valence-corrected chi connectivity index (χ0v) is 16.7. The monoisotopic (exact) mass is 316 g/mol. The molecule has 0 aromatic rings. The summed E-state index contributed by atoms with van der Waals surface area (Å²) < 4.78 is 0. The van der Waals surface area contributed by atoms with E-state index in [0.717, 1.165) is 11.8 Å². The maximum absolute atomic E-state index is 2.65. The molecule has 0 radical (unpaired) electrons. The topological polar surface area (TPSA) is 0 Å². The van der Waals surface area contributed by atoms with Gasteiger partial charge in [-0.05, 0) is 77.4 Å². The molecular weight excluding hydrogens is 276 g/mol. The van der Waals surface area contributed by atoms with Gasteiger partial charge in [0.1, 0.15) is 0 Å². The normalized spacial score (nSPS) is 46.7. The molecule has 4 atom stereocenters. The molecule has 0 aromatic heterocycles. The highest BCUT2D eigenvalue weighted by Crippen LogP contribution is 2.96. The van der Waals surface area contributed by atoms with Crippen LogP contribution in [0.15, 0.2) is 0 Å². The van der Waals surface area contributed by atoms with Crippen LogP contribution in [0.3, 0.4) is 0 Å². The van der Waals surface area contributed by atoms with Crippen LogP contribution >= 0.6 is 0 Å². The molecule has 0 aliphatic heterocycles. The smallest absolute Gasteiger partial charge is 0.0125 e. The molecule has 4 rings (SSSR count). The molecular formula is C23H40. The predicted octanol–water partition coefficient (Wildman–Crippen LogP) is 7.23. The summed E-state index contributed by atoms with van der Waals surface area (Å²) in [6.45, 7) is 15.4. The Balaban J connectivity index is 1.65. The average Bonchev–Trinajstić information content (AvgIpc) is 2.84. The van der Waals surface area contributed by atoms with Gasteiger partial charge < -0.3 is 0 Å². The highest BCUT2D eigenvalue weighted by molar-refractivity contribution is 5.38. The SMILES string of the molecule is CCC1(CC2CC3CC24C(C)(C)C4(C(C)(C)C)C3)CCCCC1. The second kappa shape index (κ2) is 4.59. The summed E-state index contributed by atoms with van der Waals surface area (Å²) in [5, 5.41) is 0. The highest BCUT2D eigenvalue weighted by atomic mass is 14.9. The second-order valence-electron chi connectivity index (χ2n) is 11.6. The Hall–Kier alpha value is 0. The third kappa shape index (κ3) is 1.70. The van der Waals surface area contributed by atoms with Gasteiger partial charge in [-0.1, -0.05) is 67.2 Å². The molecule has 4 unspecified atom stereocenters. The largest absolute Gasteiger partial charge is 0.0649 e. The van der Waals surface area contributed by atoms with Crippen LogP contribution in [-0.2, 0) is 0 Å². The Morgan fingerprint density at radius 3 is 2.17 bits per heavy atom. The van der Waals surface area contributed by atoms with Crippen molar-refractivity contribution in [1.29, 1.82) is 0 Å². The zero-order valence-electron chi connectivity index (χ0n) is 16.7. The highest BCUT2D eigenvalue weighted by Gasteiger charge is 2.91. The Morgan fingerprint density at radius 2 is 1.61 bits per heavy atom. The first-order chi connectivity index (χ1) is 10.7. The summed E-state index contributed by atoms with van der Waals surface area (Å²) in [6.07, 6.45) is 15.3. The summed E-state index contributed by atoms with van der Waals surface area (Å²) in [5.41, 5.74) is 3.12. The van der Waals surface area contributed by atoms with E-state index in [-0.39, 0.29) is 0 Å². The third-order valence-electron chi connectivity index (χ3n) is 10.0. The maximum atomic E-state index is 2.65. The van der Waals surface area contributed by atoms with Crippen molar-refractivity contribution < 1.29 is 0 Å². The summed E-state index contributed by atoms with van der Waals surface area (Å²) in [6, 6.07) is 0. The number of hydrogen-bond acceptors (Lipinski definition) is 0. The summed E-state index contributed by atoms with van der Waals surface area (Å²) >= 11 is 0. The van der Waals surface area contributed by atoms with E-state index in [1.54, 1.807) is 25.7 Å². The van der Waals surface area contributed by atoms with E-state index in [0.29, 0.717) is 27.1 Å². The Bertz CT molecular complexity index is 487. The molecule has 4 aliphatic rings. The summed E-state index contributed by atoms with van der Waals surface area (Å²) in [7, 11) is 0. The van der Waals surface area contributed by atoms with Gasteiger partial charge in [0, 0.05) is 0 Å². The second-order valence-corrected chi connectivity index (χ2v) is 11.6. The van der Waals surface area contributed by atoms with E-state index in [2.05, 4.69) is 41.5 Å². The van der Waals surface area contributed by atoms with Crippen LogP contribution in [0.5, 0.6) is 0 Å². The van der Waals surface area contributed by atoms with E-state index in [1.165, 1.54) is 38.5 Å². The van der Waals surface area contributed by atoms with Crippen molar-refractivity contribution in [3.05, 3.63) is 0 Å². The van der Waals surface area contributed by atoms with Crippen molar-refractivity contribution in [2.75, 3.05) is 0 Å². The van der Waals surface area contributed by atoms with Crippen molar-refractivity contribution in [2.45, 2.75) is 106 Å². The van der Waals surface area contributed by atoms with E-state index in [9.17, 15) is 0 Å².